The van der Waals surface area contributed by atoms with Crippen molar-refractivity contribution in [3.63, 3.8) is 0 Å². The molecule has 1 atom stereocenters. The summed E-state index contributed by atoms with van der Waals surface area (Å²) in [6.45, 7) is 3.51. The Labute approximate surface area is 77.0 Å². The average Bonchev–Trinajstić information content (AvgIpc) is 2.06. The van der Waals surface area contributed by atoms with Gasteiger partial charge in [0.2, 0.25) is 5.91 Å². The summed E-state index contributed by atoms with van der Waals surface area (Å²) in [6.07, 6.45) is 2.09. The molecule has 1 saturated heterocycles. The van der Waals surface area contributed by atoms with Gasteiger partial charge in [-0.1, -0.05) is 0 Å². The van der Waals surface area contributed by atoms with E-state index in [0.29, 0.717) is 5.25 Å². The third kappa shape index (κ3) is 3.03. The molecule has 3 nitrogen and oxygen atoms in total. The van der Waals surface area contributed by atoms with E-state index in [1.807, 2.05) is 6.92 Å². The van der Waals surface area contributed by atoms with Gasteiger partial charge in [0.15, 0.2) is 0 Å². The summed E-state index contributed by atoms with van der Waals surface area (Å²) in [5.41, 5.74) is 5.16. The molecule has 1 aliphatic heterocycles. The van der Waals surface area contributed by atoms with E-state index in [9.17, 15) is 4.79 Å². The van der Waals surface area contributed by atoms with E-state index in [4.69, 9.17) is 10.5 Å². The Morgan fingerprint density at radius 3 is 2.67 bits per heavy atom. The molecular weight excluding hydrogens is 174 g/mol. The number of ether oxygens (including phenoxy) is 1. The maximum atomic E-state index is 10.7. The quantitative estimate of drug-likeness (QED) is 0.713. The zero-order valence-electron chi connectivity index (χ0n) is 7.29. The molecule has 0 saturated carbocycles. The second-order valence-corrected chi connectivity index (χ2v) is 4.64. The topological polar surface area (TPSA) is 52.3 Å². The smallest absolute Gasteiger partial charge is 0.230 e. The minimum absolute atomic E-state index is 0.0619. The van der Waals surface area contributed by atoms with Crippen molar-refractivity contribution in [2.45, 2.75) is 30.3 Å². The summed E-state index contributed by atoms with van der Waals surface area (Å²) in [6, 6.07) is 0. The maximum absolute atomic E-state index is 10.7. The van der Waals surface area contributed by atoms with Crippen LogP contribution in [0.2, 0.25) is 0 Å². The predicted molar refractivity (Wildman–Crippen MR) is 50.1 cm³/mol. The van der Waals surface area contributed by atoms with E-state index in [1.54, 1.807) is 11.8 Å². The monoisotopic (exact) mass is 189 g/mol. The highest BCUT2D eigenvalue weighted by Gasteiger charge is 2.19. The number of hydrogen-bond acceptors (Lipinski definition) is 3. The highest BCUT2D eigenvalue weighted by molar-refractivity contribution is 8.01. The number of carbonyl (C=O) groups excluding carboxylic acids is 1. The predicted octanol–water partition coefficient (Wildman–Crippen LogP) is 0.772. The van der Waals surface area contributed by atoms with Crippen LogP contribution in [0, 0.1) is 0 Å². The van der Waals surface area contributed by atoms with Crippen LogP contribution in [-0.4, -0.2) is 29.6 Å². The normalized spacial score (nSPS) is 22.1. The molecule has 0 aliphatic carbocycles. The zero-order chi connectivity index (χ0) is 8.97. The van der Waals surface area contributed by atoms with E-state index in [1.165, 1.54) is 0 Å². The van der Waals surface area contributed by atoms with Crippen molar-refractivity contribution in [2.75, 3.05) is 13.2 Å². The number of amides is 1. The van der Waals surface area contributed by atoms with Gasteiger partial charge >= 0.3 is 0 Å². The van der Waals surface area contributed by atoms with Gasteiger partial charge in [0.25, 0.3) is 0 Å². The molecule has 1 fully saturated rings. The molecule has 1 unspecified atom stereocenters. The van der Waals surface area contributed by atoms with Gasteiger partial charge < -0.3 is 10.5 Å². The third-order valence-corrected chi connectivity index (χ3v) is 3.46. The van der Waals surface area contributed by atoms with Gasteiger partial charge in [0.1, 0.15) is 0 Å². The van der Waals surface area contributed by atoms with Crippen molar-refractivity contribution < 1.29 is 9.53 Å². The summed E-state index contributed by atoms with van der Waals surface area (Å²) in [5, 5.41) is 0.495. The van der Waals surface area contributed by atoms with Crippen LogP contribution in [0.15, 0.2) is 0 Å². The Balaban J connectivity index is 2.24. The molecule has 1 heterocycles. The van der Waals surface area contributed by atoms with Crippen molar-refractivity contribution >= 4 is 17.7 Å². The third-order valence-electron chi connectivity index (χ3n) is 1.97. The van der Waals surface area contributed by atoms with Crippen molar-refractivity contribution in [2.24, 2.45) is 5.73 Å². The van der Waals surface area contributed by atoms with Gasteiger partial charge in [-0.05, 0) is 19.8 Å². The second kappa shape index (κ2) is 4.72. The van der Waals surface area contributed by atoms with Crippen LogP contribution in [-0.2, 0) is 9.53 Å². The molecule has 0 aromatic heterocycles. The van der Waals surface area contributed by atoms with Crippen LogP contribution in [0.4, 0.5) is 0 Å². The molecule has 2 N–H and O–H groups in total. The first-order valence-corrected chi connectivity index (χ1v) is 5.17. The molecule has 4 heteroatoms. The van der Waals surface area contributed by atoms with Crippen LogP contribution in [0.3, 0.4) is 0 Å². The van der Waals surface area contributed by atoms with Crippen molar-refractivity contribution in [3.8, 4) is 0 Å². The number of carbonyl (C=O) groups is 1. The van der Waals surface area contributed by atoms with Crippen LogP contribution < -0.4 is 5.73 Å². The van der Waals surface area contributed by atoms with Gasteiger partial charge in [-0.3, -0.25) is 4.79 Å². The van der Waals surface area contributed by atoms with Gasteiger partial charge in [0, 0.05) is 18.5 Å². The number of nitrogens with two attached hydrogens (primary N) is 1. The fourth-order valence-electron chi connectivity index (χ4n) is 1.17. The Morgan fingerprint density at radius 1 is 1.58 bits per heavy atom. The first kappa shape index (κ1) is 9.86. The van der Waals surface area contributed by atoms with Gasteiger partial charge in [-0.25, -0.2) is 0 Å². The Kier molecular flexibility index (Phi) is 3.88. The van der Waals surface area contributed by atoms with Crippen LogP contribution >= 0.6 is 11.8 Å². The summed E-state index contributed by atoms with van der Waals surface area (Å²) in [7, 11) is 0. The summed E-state index contributed by atoms with van der Waals surface area (Å²) in [4.78, 5) is 10.7. The molecule has 1 rings (SSSR count). The van der Waals surface area contributed by atoms with E-state index in [-0.39, 0.29) is 11.2 Å². The molecule has 0 spiro atoms. The van der Waals surface area contributed by atoms with Crippen LogP contribution in [0.1, 0.15) is 19.8 Å². The molecule has 70 valence electrons. The highest BCUT2D eigenvalue weighted by Crippen LogP contribution is 2.25. The van der Waals surface area contributed by atoms with Crippen molar-refractivity contribution in [1.82, 2.24) is 0 Å². The molecule has 0 aromatic rings. The highest BCUT2D eigenvalue weighted by atomic mass is 32.2. The first-order valence-electron chi connectivity index (χ1n) is 4.22. The number of thioether (sulfide) groups is 1. The fraction of sp³-hybridized carbons (Fsp3) is 0.875. The Morgan fingerprint density at radius 2 is 2.17 bits per heavy atom. The van der Waals surface area contributed by atoms with Gasteiger partial charge in [0.05, 0.1) is 5.25 Å². The maximum Gasteiger partial charge on any atom is 0.230 e. The SMILES string of the molecule is CC(SC1CCOCC1)C(N)=O. The Bertz CT molecular complexity index is 157. The molecule has 1 aliphatic rings. The van der Waals surface area contributed by atoms with Gasteiger partial charge in [-0.15, -0.1) is 11.8 Å². The minimum Gasteiger partial charge on any atom is -0.381 e. The largest absolute Gasteiger partial charge is 0.381 e. The number of primary amides is 1. The average molecular weight is 189 g/mol. The number of hydrogen-bond donors (Lipinski definition) is 1. The molecule has 0 aromatic carbocycles. The van der Waals surface area contributed by atoms with E-state index in [2.05, 4.69) is 0 Å². The van der Waals surface area contributed by atoms with E-state index >= 15 is 0 Å². The van der Waals surface area contributed by atoms with Crippen molar-refractivity contribution in [3.05, 3.63) is 0 Å². The molecule has 12 heavy (non-hydrogen) atoms. The summed E-state index contributed by atoms with van der Waals surface area (Å²) < 4.78 is 5.21. The molecule has 1 amide bonds. The zero-order valence-corrected chi connectivity index (χ0v) is 8.10. The molecular formula is C8H15NO2S. The standard InChI is InChI=1S/C8H15NO2S/c1-6(8(9)10)12-7-2-4-11-5-3-7/h6-7H,2-5H2,1H3,(H2,9,10). The van der Waals surface area contributed by atoms with Crippen molar-refractivity contribution in [1.29, 1.82) is 0 Å². The van der Waals surface area contributed by atoms with Gasteiger partial charge in [-0.2, -0.15) is 0 Å². The van der Waals surface area contributed by atoms with Crippen LogP contribution in [0.5, 0.6) is 0 Å². The molecule has 0 radical (unpaired) electrons. The van der Waals surface area contributed by atoms with Crippen LogP contribution in [0.25, 0.3) is 0 Å². The molecule has 0 bridgehead atoms. The lowest BCUT2D eigenvalue weighted by atomic mass is 10.2. The first-order chi connectivity index (χ1) is 5.70. The Hall–Kier alpha value is -0.220. The van der Waals surface area contributed by atoms with E-state index in [0.717, 1.165) is 26.1 Å². The second-order valence-electron chi connectivity index (χ2n) is 2.99. The number of rotatable bonds is 3. The summed E-state index contributed by atoms with van der Waals surface area (Å²) in [5.74, 6) is -0.216. The van der Waals surface area contributed by atoms with E-state index < -0.39 is 0 Å². The summed E-state index contributed by atoms with van der Waals surface area (Å²) >= 11 is 1.67. The minimum atomic E-state index is -0.216. The lowest BCUT2D eigenvalue weighted by Gasteiger charge is -2.23. The lowest BCUT2D eigenvalue weighted by molar-refractivity contribution is -0.117. The fourth-order valence-corrected chi connectivity index (χ4v) is 2.34. The lowest BCUT2D eigenvalue weighted by Crippen LogP contribution is -2.27.